The Hall–Kier alpha value is -0.900. The summed E-state index contributed by atoms with van der Waals surface area (Å²) in [5.74, 6) is 0. The van der Waals surface area contributed by atoms with Gasteiger partial charge in [-0.15, -0.1) is 0 Å². The quantitative estimate of drug-likeness (QED) is 0.737. The Kier molecular flexibility index (Phi) is 5.83. The van der Waals surface area contributed by atoms with E-state index in [4.69, 9.17) is 4.74 Å². The summed E-state index contributed by atoms with van der Waals surface area (Å²) in [6.45, 7) is 3.87. The van der Waals surface area contributed by atoms with Crippen molar-refractivity contribution >= 4 is 0 Å². The smallest absolute Gasteiger partial charge is 0.0589 e. The minimum atomic E-state index is 0.793. The first-order valence-corrected chi connectivity index (χ1v) is 7.26. The molecule has 0 unspecified atom stereocenters. The number of likely N-dealkylation sites (N-methyl/N-ethyl adjacent to an activating group) is 1. The Labute approximate surface area is 116 Å². The van der Waals surface area contributed by atoms with Crippen LogP contribution >= 0.6 is 0 Å². The second kappa shape index (κ2) is 7.63. The van der Waals surface area contributed by atoms with Crippen molar-refractivity contribution in [3.8, 4) is 0 Å². The first-order chi connectivity index (χ1) is 9.28. The molecule has 0 saturated heterocycles. The lowest BCUT2D eigenvalue weighted by molar-refractivity contribution is 0.158. The van der Waals surface area contributed by atoms with Crippen LogP contribution in [0.25, 0.3) is 0 Å². The van der Waals surface area contributed by atoms with E-state index >= 15 is 0 Å². The van der Waals surface area contributed by atoms with Gasteiger partial charge in [0.2, 0.25) is 0 Å². The van der Waals surface area contributed by atoms with Crippen LogP contribution in [0.1, 0.15) is 24.0 Å². The summed E-state index contributed by atoms with van der Waals surface area (Å²) in [6.07, 6.45) is 3.87. The number of rotatable bonds is 9. The van der Waals surface area contributed by atoms with Gasteiger partial charge in [0, 0.05) is 26.2 Å². The minimum Gasteiger partial charge on any atom is -0.383 e. The predicted molar refractivity (Wildman–Crippen MR) is 79.4 cm³/mol. The Morgan fingerprint density at radius 3 is 2.53 bits per heavy atom. The molecule has 1 saturated carbocycles. The van der Waals surface area contributed by atoms with Crippen molar-refractivity contribution in [2.24, 2.45) is 0 Å². The van der Waals surface area contributed by atoms with Gasteiger partial charge >= 0.3 is 0 Å². The largest absolute Gasteiger partial charge is 0.383 e. The molecule has 1 N–H and O–H groups in total. The normalized spacial score (nSPS) is 15.1. The zero-order valence-corrected chi connectivity index (χ0v) is 12.2. The van der Waals surface area contributed by atoms with Crippen LogP contribution in [0.4, 0.5) is 0 Å². The van der Waals surface area contributed by atoms with Crippen LogP contribution in [0.3, 0.4) is 0 Å². The first kappa shape index (κ1) is 14.5. The highest BCUT2D eigenvalue weighted by Gasteiger charge is 2.19. The maximum Gasteiger partial charge on any atom is 0.0589 e. The van der Waals surface area contributed by atoms with E-state index in [2.05, 4.69) is 41.5 Å². The molecule has 1 aliphatic rings. The van der Waals surface area contributed by atoms with E-state index in [0.717, 1.165) is 38.7 Å². The second-order valence-corrected chi connectivity index (χ2v) is 5.53. The van der Waals surface area contributed by atoms with Crippen LogP contribution in [-0.4, -0.2) is 44.8 Å². The summed E-state index contributed by atoms with van der Waals surface area (Å²) in [5, 5.41) is 3.55. The van der Waals surface area contributed by atoms with E-state index < -0.39 is 0 Å². The highest BCUT2D eigenvalue weighted by Crippen LogP contribution is 2.18. The monoisotopic (exact) mass is 262 g/mol. The van der Waals surface area contributed by atoms with Crippen LogP contribution in [0.15, 0.2) is 24.3 Å². The van der Waals surface area contributed by atoms with E-state index in [1.54, 1.807) is 7.11 Å². The fraction of sp³-hybridized carbons (Fsp3) is 0.625. The number of benzene rings is 1. The van der Waals surface area contributed by atoms with Gasteiger partial charge in [-0.3, -0.25) is 4.90 Å². The average Bonchev–Trinajstić information content (AvgIpc) is 3.23. The van der Waals surface area contributed by atoms with Crippen molar-refractivity contribution < 1.29 is 4.74 Å². The molecule has 0 bridgehead atoms. The maximum absolute atomic E-state index is 5.09. The summed E-state index contributed by atoms with van der Waals surface area (Å²) in [6, 6.07) is 9.82. The van der Waals surface area contributed by atoms with Crippen LogP contribution < -0.4 is 5.32 Å². The zero-order chi connectivity index (χ0) is 13.5. The van der Waals surface area contributed by atoms with E-state index in [9.17, 15) is 0 Å². The number of nitrogens with zero attached hydrogens (tertiary/aromatic N) is 1. The number of methoxy groups -OCH3 is 1. The van der Waals surface area contributed by atoms with Gasteiger partial charge in [-0.2, -0.15) is 0 Å². The van der Waals surface area contributed by atoms with E-state index in [1.165, 1.54) is 24.0 Å². The molecular formula is C16H26N2O. The molecule has 0 amide bonds. The van der Waals surface area contributed by atoms with Gasteiger partial charge in [-0.1, -0.05) is 24.3 Å². The Bertz CT molecular complexity index is 360. The average molecular weight is 262 g/mol. The molecular weight excluding hydrogens is 236 g/mol. The number of ether oxygens (including phenoxy) is 1. The molecule has 19 heavy (non-hydrogen) atoms. The SMILES string of the molecule is COCCN(C)Cc1ccc(CCNC2CC2)cc1. The molecule has 0 atom stereocenters. The van der Waals surface area contributed by atoms with Crippen LogP contribution in [0.5, 0.6) is 0 Å². The summed E-state index contributed by atoms with van der Waals surface area (Å²) < 4.78 is 5.09. The summed E-state index contributed by atoms with van der Waals surface area (Å²) in [7, 11) is 3.88. The van der Waals surface area contributed by atoms with Crippen molar-refractivity contribution in [1.82, 2.24) is 10.2 Å². The van der Waals surface area contributed by atoms with Gasteiger partial charge in [0.15, 0.2) is 0 Å². The fourth-order valence-corrected chi connectivity index (χ4v) is 2.16. The maximum atomic E-state index is 5.09. The lowest BCUT2D eigenvalue weighted by Crippen LogP contribution is -2.22. The minimum absolute atomic E-state index is 0.793. The predicted octanol–water partition coefficient (Wildman–Crippen LogP) is 2.06. The Balaban J connectivity index is 1.70. The van der Waals surface area contributed by atoms with Crippen LogP contribution in [0, 0.1) is 0 Å². The van der Waals surface area contributed by atoms with E-state index in [1.807, 2.05) is 0 Å². The van der Waals surface area contributed by atoms with Crippen molar-refractivity contribution in [2.75, 3.05) is 33.9 Å². The molecule has 0 aromatic heterocycles. The molecule has 0 aliphatic heterocycles. The van der Waals surface area contributed by atoms with Gasteiger partial charge in [0.25, 0.3) is 0 Å². The van der Waals surface area contributed by atoms with Gasteiger partial charge in [-0.25, -0.2) is 0 Å². The summed E-state index contributed by atoms with van der Waals surface area (Å²) in [5.41, 5.74) is 2.80. The van der Waals surface area contributed by atoms with Crippen LogP contribution in [-0.2, 0) is 17.7 Å². The van der Waals surface area contributed by atoms with Crippen molar-refractivity contribution in [3.63, 3.8) is 0 Å². The molecule has 1 fully saturated rings. The molecule has 0 heterocycles. The molecule has 3 nitrogen and oxygen atoms in total. The third-order valence-electron chi connectivity index (χ3n) is 3.58. The Morgan fingerprint density at radius 1 is 1.21 bits per heavy atom. The van der Waals surface area contributed by atoms with Crippen LogP contribution in [0.2, 0.25) is 0 Å². The second-order valence-electron chi connectivity index (χ2n) is 5.53. The van der Waals surface area contributed by atoms with E-state index in [0.29, 0.717) is 0 Å². The molecule has 1 aromatic carbocycles. The van der Waals surface area contributed by atoms with Gasteiger partial charge in [0.1, 0.15) is 0 Å². The first-order valence-electron chi connectivity index (χ1n) is 7.26. The fourth-order valence-electron chi connectivity index (χ4n) is 2.16. The third kappa shape index (κ3) is 5.72. The van der Waals surface area contributed by atoms with Crippen molar-refractivity contribution in [3.05, 3.63) is 35.4 Å². The highest BCUT2D eigenvalue weighted by molar-refractivity contribution is 5.22. The zero-order valence-electron chi connectivity index (χ0n) is 12.2. The molecule has 1 aliphatic carbocycles. The number of nitrogens with one attached hydrogen (secondary N) is 1. The van der Waals surface area contributed by atoms with E-state index in [-0.39, 0.29) is 0 Å². The Morgan fingerprint density at radius 2 is 1.89 bits per heavy atom. The standard InChI is InChI=1S/C16H26N2O/c1-18(11-12-19-2)13-15-5-3-14(4-6-15)9-10-17-16-7-8-16/h3-6,16-17H,7-13H2,1-2H3. The van der Waals surface area contributed by atoms with Gasteiger partial charge in [0.05, 0.1) is 6.61 Å². The molecule has 0 spiro atoms. The summed E-state index contributed by atoms with van der Waals surface area (Å²) in [4.78, 5) is 2.28. The third-order valence-corrected chi connectivity index (χ3v) is 3.58. The van der Waals surface area contributed by atoms with Crippen molar-refractivity contribution in [2.45, 2.75) is 31.8 Å². The van der Waals surface area contributed by atoms with Gasteiger partial charge < -0.3 is 10.1 Å². The topological polar surface area (TPSA) is 24.5 Å². The lowest BCUT2D eigenvalue weighted by atomic mass is 10.1. The molecule has 0 radical (unpaired) electrons. The lowest BCUT2D eigenvalue weighted by Gasteiger charge is -2.16. The molecule has 2 rings (SSSR count). The number of hydrogen-bond acceptors (Lipinski definition) is 3. The number of hydrogen-bond donors (Lipinski definition) is 1. The van der Waals surface area contributed by atoms with Crippen molar-refractivity contribution in [1.29, 1.82) is 0 Å². The van der Waals surface area contributed by atoms with Gasteiger partial charge in [-0.05, 0) is 44.0 Å². The highest BCUT2D eigenvalue weighted by atomic mass is 16.5. The molecule has 106 valence electrons. The summed E-state index contributed by atoms with van der Waals surface area (Å²) >= 11 is 0. The molecule has 3 heteroatoms. The molecule has 1 aromatic rings.